The van der Waals surface area contributed by atoms with E-state index in [0.29, 0.717) is 16.8 Å². The highest BCUT2D eigenvalue weighted by atomic mass is 19.4. The van der Waals surface area contributed by atoms with Crippen molar-refractivity contribution in [3.05, 3.63) is 64.1 Å². The third kappa shape index (κ3) is 4.40. The predicted octanol–water partition coefficient (Wildman–Crippen LogP) is 3.35. The van der Waals surface area contributed by atoms with Crippen LogP contribution in [0.5, 0.6) is 5.75 Å². The maximum Gasteiger partial charge on any atom is 0.417 e. The van der Waals surface area contributed by atoms with Crippen molar-refractivity contribution in [3.63, 3.8) is 0 Å². The van der Waals surface area contributed by atoms with Gasteiger partial charge in [-0.05, 0) is 30.3 Å². The van der Waals surface area contributed by atoms with Crippen molar-refractivity contribution >= 4 is 5.78 Å². The second-order valence-electron chi connectivity index (χ2n) is 4.71. The number of ketones is 1. The Labute approximate surface area is 132 Å². The van der Waals surface area contributed by atoms with Gasteiger partial charge in [0, 0.05) is 17.8 Å². The first-order valence-electron chi connectivity index (χ1n) is 6.52. The fourth-order valence-electron chi connectivity index (χ4n) is 1.89. The minimum Gasteiger partial charge on any atom is -0.435 e. The Balaban J connectivity index is 2.19. The zero-order chi connectivity index (χ0) is 17.9. The maximum atomic E-state index is 12.6. The van der Waals surface area contributed by atoms with E-state index in [1.165, 1.54) is 12.1 Å². The van der Waals surface area contributed by atoms with Gasteiger partial charge >= 0.3 is 12.8 Å². The van der Waals surface area contributed by atoms with Gasteiger partial charge in [0.1, 0.15) is 5.75 Å². The zero-order valence-electron chi connectivity index (χ0n) is 11.9. The lowest BCUT2D eigenvalue weighted by molar-refractivity contribution is -0.138. The summed E-state index contributed by atoms with van der Waals surface area (Å²) in [6, 6.07) is 5.94. The summed E-state index contributed by atoms with van der Waals surface area (Å²) in [5, 5.41) is 0. The van der Waals surface area contributed by atoms with Crippen LogP contribution in [-0.2, 0) is 12.7 Å². The summed E-state index contributed by atoms with van der Waals surface area (Å²) in [6.45, 7) is -3.63. The van der Waals surface area contributed by atoms with Gasteiger partial charge in [-0.15, -0.1) is 0 Å². The fourth-order valence-corrected chi connectivity index (χ4v) is 1.89. The quantitative estimate of drug-likeness (QED) is 0.616. The van der Waals surface area contributed by atoms with E-state index >= 15 is 0 Å². The third-order valence-electron chi connectivity index (χ3n) is 3.03. The van der Waals surface area contributed by atoms with Crippen LogP contribution < -0.4 is 10.3 Å². The molecule has 0 radical (unpaired) electrons. The molecule has 0 N–H and O–H groups in total. The lowest BCUT2D eigenvalue weighted by Crippen LogP contribution is -2.25. The molecule has 1 aromatic heterocycles. The number of pyridine rings is 1. The van der Waals surface area contributed by atoms with Crippen LogP contribution in [0.2, 0.25) is 0 Å². The van der Waals surface area contributed by atoms with Gasteiger partial charge in [-0.25, -0.2) is 0 Å². The van der Waals surface area contributed by atoms with Gasteiger partial charge in [-0.3, -0.25) is 9.59 Å². The van der Waals surface area contributed by atoms with Crippen LogP contribution >= 0.6 is 0 Å². The minimum atomic E-state index is -4.65. The third-order valence-corrected chi connectivity index (χ3v) is 3.03. The molecule has 9 heteroatoms. The number of hydrogen-bond donors (Lipinski definition) is 0. The van der Waals surface area contributed by atoms with Crippen molar-refractivity contribution < 1.29 is 31.5 Å². The Morgan fingerprint density at radius 3 is 2.25 bits per heavy atom. The summed E-state index contributed by atoms with van der Waals surface area (Å²) in [4.78, 5) is 23.6. The molecule has 0 bridgehead atoms. The van der Waals surface area contributed by atoms with Crippen molar-refractivity contribution in [1.82, 2.24) is 4.57 Å². The lowest BCUT2D eigenvalue weighted by atomic mass is 10.1. The van der Waals surface area contributed by atoms with Crippen LogP contribution in [0.3, 0.4) is 0 Å². The molecule has 0 atom stereocenters. The second kappa shape index (κ2) is 6.81. The highest BCUT2D eigenvalue weighted by Gasteiger charge is 2.31. The van der Waals surface area contributed by atoms with Gasteiger partial charge in [0.05, 0.1) is 12.1 Å². The van der Waals surface area contributed by atoms with Gasteiger partial charge in [0.25, 0.3) is 5.56 Å². The standard InChI is InChI=1S/C15H10F5NO3/c16-14(17)24-11-4-1-9(2-5-11)12(22)8-21-7-10(15(18,19)20)3-6-13(21)23/h1-7,14H,8H2. The zero-order valence-corrected chi connectivity index (χ0v) is 11.9. The highest BCUT2D eigenvalue weighted by Crippen LogP contribution is 2.28. The summed E-state index contributed by atoms with van der Waals surface area (Å²) >= 11 is 0. The molecule has 0 aliphatic carbocycles. The number of benzene rings is 1. The van der Waals surface area contributed by atoms with Crippen molar-refractivity contribution in [2.24, 2.45) is 0 Å². The average Bonchev–Trinajstić information content (AvgIpc) is 2.48. The molecule has 24 heavy (non-hydrogen) atoms. The van der Waals surface area contributed by atoms with Gasteiger partial charge in [-0.2, -0.15) is 22.0 Å². The molecule has 0 amide bonds. The predicted molar refractivity (Wildman–Crippen MR) is 73.1 cm³/mol. The van der Waals surface area contributed by atoms with Crippen LogP contribution in [0.4, 0.5) is 22.0 Å². The molecular weight excluding hydrogens is 337 g/mol. The summed E-state index contributed by atoms with van der Waals surface area (Å²) < 4.78 is 66.7. The largest absolute Gasteiger partial charge is 0.435 e. The van der Waals surface area contributed by atoms with Crippen molar-refractivity contribution in [3.8, 4) is 5.75 Å². The van der Waals surface area contributed by atoms with E-state index in [2.05, 4.69) is 4.74 Å². The number of ether oxygens (including phenoxy) is 1. The fraction of sp³-hybridized carbons (Fsp3) is 0.200. The van der Waals surface area contributed by atoms with E-state index in [1.54, 1.807) is 0 Å². The molecule has 0 aliphatic heterocycles. The number of alkyl halides is 5. The number of halogens is 5. The monoisotopic (exact) mass is 347 g/mol. The summed E-state index contributed by atoms with van der Waals surface area (Å²) in [7, 11) is 0. The van der Waals surface area contributed by atoms with Gasteiger partial charge < -0.3 is 9.30 Å². The molecule has 0 spiro atoms. The number of aromatic nitrogens is 1. The topological polar surface area (TPSA) is 48.3 Å². The Morgan fingerprint density at radius 2 is 1.71 bits per heavy atom. The lowest BCUT2D eigenvalue weighted by Gasteiger charge is -2.10. The smallest absolute Gasteiger partial charge is 0.417 e. The Kier molecular flexibility index (Phi) is 5.01. The Morgan fingerprint density at radius 1 is 1.08 bits per heavy atom. The van der Waals surface area contributed by atoms with Gasteiger partial charge in [-0.1, -0.05) is 0 Å². The van der Waals surface area contributed by atoms with Crippen LogP contribution in [0.25, 0.3) is 0 Å². The molecule has 128 valence electrons. The number of nitrogens with zero attached hydrogens (tertiary/aromatic N) is 1. The molecule has 2 rings (SSSR count). The molecule has 0 saturated heterocycles. The number of Topliss-reactive ketones (excluding diaryl/α,β-unsaturated/α-hetero) is 1. The van der Waals surface area contributed by atoms with Crippen LogP contribution in [-0.4, -0.2) is 17.0 Å². The molecule has 1 heterocycles. The van der Waals surface area contributed by atoms with Crippen LogP contribution in [0.15, 0.2) is 47.4 Å². The van der Waals surface area contributed by atoms with Crippen LogP contribution in [0, 0.1) is 0 Å². The molecule has 1 aromatic carbocycles. The second-order valence-corrected chi connectivity index (χ2v) is 4.71. The highest BCUT2D eigenvalue weighted by molar-refractivity contribution is 5.96. The first-order valence-corrected chi connectivity index (χ1v) is 6.52. The van der Waals surface area contributed by atoms with E-state index in [4.69, 9.17) is 0 Å². The Bertz CT molecular complexity index is 781. The summed E-state index contributed by atoms with van der Waals surface area (Å²) in [5.74, 6) is -0.821. The van der Waals surface area contributed by atoms with E-state index < -0.39 is 36.2 Å². The molecule has 2 aromatic rings. The normalized spacial score (nSPS) is 11.6. The SMILES string of the molecule is O=C(Cn1cc(C(F)(F)F)ccc1=O)c1ccc(OC(F)F)cc1. The van der Waals surface area contributed by atoms with Gasteiger partial charge in [0.2, 0.25) is 0 Å². The number of rotatable bonds is 5. The Hall–Kier alpha value is -2.71. The molecular formula is C15H10F5NO3. The molecule has 0 unspecified atom stereocenters. The number of carbonyl (C=O) groups excluding carboxylic acids is 1. The van der Waals surface area contributed by atoms with E-state index in [1.807, 2.05) is 0 Å². The van der Waals surface area contributed by atoms with Crippen molar-refractivity contribution in [2.75, 3.05) is 0 Å². The van der Waals surface area contributed by atoms with Crippen molar-refractivity contribution in [2.45, 2.75) is 19.3 Å². The minimum absolute atomic E-state index is 0.0425. The number of carbonyl (C=O) groups is 1. The van der Waals surface area contributed by atoms with Gasteiger partial charge in [0.15, 0.2) is 5.78 Å². The number of hydrogen-bond acceptors (Lipinski definition) is 3. The molecule has 0 fully saturated rings. The summed E-state index contributed by atoms with van der Waals surface area (Å²) in [5.41, 5.74) is -1.79. The van der Waals surface area contributed by atoms with E-state index in [-0.39, 0.29) is 11.3 Å². The molecule has 0 aliphatic rings. The first-order chi connectivity index (χ1) is 11.2. The summed E-state index contributed by atoms with van der Waals surface area (Å²) in [6.07, 6.45) is -4.10. The molecule has 0 saturated carbocycles. The van der Waals surface area contributed by atoms with Crippen LogP contribution in [0.1, 0.15) is 15.9 Å². The maximum absolute atomic E-state index is 12.6. The molecule has 4 nitrogen and oxygen atoms in total. The van der Waals surface area contributed by atoms with E-state index in [0.717, 1.165) is 18.2 Å². The van der Waals surface area contributed by atoms with E-state index in [9.17, 15) is 31.5 Å². The average molecular weight is 347 g/mol. The first kappa shape index (κ1) is 17.6. The van der Waals surface area contributed by atoms with Crippen molar-refractivity contribution in [1.29, 1.82) is 0 Å².